The van der Waals surface area contributed by atoms with Crippen LogP contribution in [0.5, 0.6) is 0 Å². The van der Waals surface area contributed by atoms with E-state index < -0.39 is 0 Å². The molecule has 0 bridgehead atoms. The average Bonchev–Trinajstić information content (AvgIpc) is 1.38. The zero-order valence-electron chi connectivity index (χ0n) is 3.07. The Labute approximate surface area is 67.8 Å². The third-order valence-corrected chi connectivity index (χ3v) is 0.935. The van der Waals surface area contributed by atoms with E-state index in [9.17, 15) is 0 Å². The summed E-state index contributed by atoms with van der Waals surface area (Å²) in [6.07, 6.45) is 1.78. The molecule has 0 unspecified atom stereocenters. The van der Waals surface area contributed by atoms with Crippen LogP contribution in [0.1, 0.15) is 22.3 Å². The predicted molar refractivity (Wildman–Crippen MR) is 46.7 cm³/mol. The van der Waals surface area contributed by atoms with E-state index in [2.05, 4.69) is 13.2 Å². The maximum absolute atomic E-state index is 3.61. The van der Waals surface area contributed by atoms with Gasteiger partial charge in [0.1, 0.15) is 0 Å². The van der Waals surface area contributed by atoms with Gasteiger partial charge in [-0.15, -0.1) is 0 Å². The van der Waals surface area contributed by atoms with E-state index >= 15 is 0 Å². The Kier molecular flexibility index (Phi) is 46.9. The normalized spacial score (nSPS) is 4.12. The molecule has 0 amide bonds. The molecule has 0 saturated heterocycles. The van der Waals surface area contributed by atoms with Crippen LogP contribution < -0.4 is 0 Å². The summed E-state index contributed by atoms with van der Waals surface area (Å²) in [7, 11) is 0. The van der Waals surface area contributed by atoms with Crippen LogP contribution in [-0.2, 0) is 0 Å². The molecule has 8 heavy (non-hydrogen) atoms. The molecule has 0 spiro atoms. The van der Waals surface area contributed by atoms with Crippen molar-refractivity contribution >= 4 is 22.5 Å². The number of allylic oxidation sites excluding steroid dienone is 2. The van der Waals surface area contributed by atoms with Crippen LogP contribution in [0, 0.1) is 0 Å². The second kappa shape index (κ2) is 15.7. The molecule has 0 rings (SSSR count). The molecular formula is C7H18Sn. The van der Waals surface area contributed by atoms with Crippen molar-refractivity contribution in [2.45, 2.75) is 22.3 Å². The van der Waals surface area contributed by atoms with E-state index in [1.54, 1.807) is 6.08 Å². The van der Waals surface area contributed by atoms with Crippen LogP contribution >= 0.6 is 0 Å². The second-order valence-corrected chi connectivity index (χ2v) is 2.90. The van der Waals surface area contributed by atoms with E-state index in [1.807, 2.05) is 0 Å². The summed E-state index contributed by atoms with van der Waals surface area (Å²) in [5, 5.41) is 0. The minimum absolute atomic E-state index is 0. The van der Waals surface area contributed by atoms with Gasteiger partial charge in [0.15, 0.2) is 0 Å². The topological polar surface area (TPSA) is 0 Å². The van der Waals surface area contributed by atoms with Crippen LogP contribution in [0.4, 0.5) is 0 Å². The minimum atomic E-state index is 0. The molecule has 0 N–H and O–H groups in total. The van der Waals surface area contributed by atoms with Gasteiger partial charge >= 0.3 is 45.3 Å². The zero-order valence-corrected chi connectivity index (χ0v) is 6.36. The second-order valence-electron chi connectivity index (χ2n) is 0.779. The maximum atomic E-state index is 3.61. The van der Waals surface area contributed by atoms with Gasteiger partial charge in [0, 0.05) is 0 Å². The van der Waals surface area contributed by atoms with Crippen molar-refractivity contribution in [3.05, 3.63) is 22.8 Å². The van der Waals surface area contributed by atoms with Crippen molar-refractivity contribution in [1.29, 1.82) is 0 Å². The molecule has 0 fully saturated rings. The van der Waals surface area contributed by atoms with E-state index in [0.29, 0.717) is 0 Å². The zero-order chi connectivity index (χ0) is 4.28. The van der Waals surface area contributed by atoms with Gasteiger partial charge in [-0.3, -0.25) is 0 Å². The quantitative estimate of drug-likeness (QED) is 0.471. The van der Waals surface area contributed by atoms with Crippen LogP contribution in [0.2, 0.25) is 0 Å². The molecule has 50 valence electrons. The van der Waals surface area contributed by atoms with Gasteiger partial charge in [-0.2, -0.15) is 0 Å². The summed E-state index contributed by atoms with van der Waals surface area (Å²) in [5.41, 5.74) is 0. The molecule has 0 nitrogen and oxygen atoms in total. The molecule has 0 aromatic rings. The van der Waals surface area contributed by atoms with Crippen LogP contribution in [0.25, 0.3) is 0 Å². The fourth-order valence-electron chi connectivity index (χ4n) is 0. The van der Waals surface area contributed by atoms with Gasteiger partial charge in [0.05, 0.1) is 0 Å². The SMILES string of the molecule is C.C.C.C=C[C](=C)[SnH]. The average molecular weight is 221 g/mol. The van der Waals surface area contributed by atoms with Crippen molar-refractivity contribution in [2.75, 3.05) is 0 Å². The molecule has 0 aromatic carbocycles. The third kappa shape index (κ3) is 33.7. The molecule has 0 saturated carbocycles. The van der Waals surface area contributed by atoms with Gasteiger partial charge in [0.2, 0.25) is 0 Å². The predicted octanol–water partition coefficient (Wildman–Crippen LogP) is 2.50. The fourth-order valence-corrected chi connectivity index (χ4v) is 0. The monoisotopic (exact) mass is 222 g/mol. The van der Waals surface area contributed by atoms with E-state index in [0.717, 1.165) is 26.1 Å². The number of rotatable bonds is 1. The standard InChI is InChI=1S/C4H5.3CH4.Sn.H/c1-3-4-2;;;;;/h3H,1-2H2;3*1H4;;. The van der Waals surface area contributed by atoms with Gasteiger partial charge < -0.3 is 0 Å². The Morgan fingerprint density at radius 1 is 1.25 bits per heavy atom. The van der Waals surface area contributed by atoms with Crippen LogP contribution in [-0.4, -0.2) is 22.5 Å². The van der Waals surface area contributed by atoms with Gasteiger partial charge in [0.25, 0.3) is 0 Å². The van der Waals surface area contributed by atoms with Crippen molar-refractivity contribution in [1.82, 2.24) is 0 Å². The molecule has 0 aromatic heterocycles. The Morgan fingerprint density at radius 3 is 1.38 bits per heavy atom. The molecule has 0 aliphatic heterocycles. The van der Waals surface area contributed by atoms with E-state index in [1.165, 1.54) is 0 Å². The Bertz CT molecular complexity index is 55.4. The van der Waals surface area contributed by atoms with Gasteiger partial charge in [-0.1, -0.05) is 22.3 Å². The first kappa shape index (κ1) is 24.0. The molecule has 0 aliphatic rings. The van der Waals surface area contributed by atoms with Crippen molar-refractivity contribution in [3.63, 3.8) is 0 Å². The van der Waals surface area contributed by atoms with Crippen LogP contribution in [0.3, 0.4) is 0 Å². The summed E-state index contributed by atoms with van der Waals surface area (Å²) in [6.45, 7) is 7.11. The van der Waals surface area contributed by atoms with Crippen LogP contribution in [0.15, 0.2) is 22.8 Å². The molecule has 0 aliphatic carbocycles. The molecule has 1 heteroatoms. The Hall–Kier alpha value is 0.279. The van der Waals surface area contributed by atoms with E-state index in [-0.39, 0.29) is 22.3 Å². The summed E-state index contributed by atoms with van der Waals surface area (Å²) in [6, 6.07) is 0. The molecule has 0 heterocycles. The van der Waals surface area contributed by atoms with Crippen molar-refractivity contribution in [3.8, 4) is 0 Å². The Morgan fingerprint density at radius 2 is 1.38 bits per heavy atom. The number of hydrogen-bond acceptors (Lipinski definition) is 0. The third-order valence-electron chi connectivity index (χ3n) is 0.262. The number of hydrogen-bond donors (Lipinski definition) is 0. The molecule has 0 atom stereocenters. The fraction of sp³-hybridized carbons (Fsp3) is 0.429. The van der Waals surface area contributed by atoms with Gasteiger partial charge in [-0.25, -0.2) is 0 Å². The first-order chi connectivity index (χ1) is 2.27. The molecule has 2 radical (unpaired) electrons. The summed E-state index contributed by atoms with van der Waals surface area (Å²) in [5.74, 6) is 0. The first-order valence-electron chi connectivity index (χ1n) is 1.34. The first-order valence-corrected chi connectivity index (χ1v) is 2.99. The Balaban J connectivity index is -0.0000000267. The van der Waals surface area contributed by atoms with Crippen molar-refractivity contribution in [2.24, 2.45) is 0 Å². The summed E-state index contributed by atoms with van der Waals surface area (Å²) < 4.78 is 1.15. The van der Waals surface area contributed by atoms with E-state index in [4.69, 9.17) is 0 Å². The summed E-state index contributed by atoms with van der Waals surface area (Å²) in [4.78, 5) is 0. The van der Waals surface area contributed by atoms with Crippen molar-refractivity contribution < 1.29 is 0 Å². The summed E-state index contributed by atoms with van der Waals surface area (Å²) >= 11 is 1.11. The molecular weight excluding hydrogens is 203 g/mol. The van der Waals surface area contributed by atoms with Gasteiger partial charge in [-0.05, 0) is 0 Å².